The number of anilines is 1. The van der Waals surface area contributed by atoms with Crippen LogP contribution < -0.4 is 10.6 Å². The van der Waals surface area contributed by atoms with E-state index in [0.29, 0.717) is 11.3 Å². The number of nitrogens with one attached hydrogen (secondary N) is 2. The van der Waals surface area contributed by atoms with E-state index in [0.717, 1.165) is 21.8 Å². The van der Waals surface area contributed by atoms with Gasteiger partial charge in [0.1, 0.15) is 0 Å². The van der Waals surface area contributed by atoms with Gasteiger partial charge in [-0.1, -0.05) is 36.4 Å². The number of hydrogen-bond donors (Lipinski definition) is 2. The molecule has 1 aliphatic heterocycles. The number of fused-ring (bicyclic) bond motifs is 3. The van der Waals surface area contributed by atoms with Gasteiger partial charge in [-0.15, -0.1) is 0 Å². The first kappa shape index (κ1) is 16.1. The minimum atomic E-state index is -0.491. The van der Waals surface area contributed by atoms with Crippen LogP contribution >= 0.6 is 0 Å². The molecule has 0 radical (unpaired) electrons. The van der Waals surface area contributed by atoms with E-state index in [4.69, 9.17) is 0 Å². The van der Waals surface area contributed by atoms with Gasteiger partial charge in [0.2, 0.25) is 0 Å². The Morgan fingerprint density at radius 3 is 2.07 bits per heavy atom. The summed E-state index contributed by atoms with van der Waals surface area (Å²) in [6.45, 7) is 0. The Bertz CT molecular complexity index is 1270. The molecule has 0 atom stereocenters. The molecule has 134 valence electrons. The predicted molar refractivity (Wildman–Crippen MR) is 105 cm³/mol. The Hall–Kier alpha value is -4.06. The molecule has 28 heavy (non-hydrogen) atoms. The van der Waals surface area contributed by atoms with Gasteiger partial charge in [0.25, 0.3) is 17.7 Å². The Labute approximate surface area is 159 Å². The minimum Gasteiger partial charge on any atom is -0.321 e. The lowest BCUT2D eigenvalue weighted by atomic mass is 10.0. The normalized spacial score (nSPS) is 12.9. The van der Waals surface area contributed by atoms with E-state index >= 15 is 0 Å². The molecular formula is C22H13N3O3. The zero-order chi connectivity index (χ0) is 19.3. The van der Waals surface area contributed by atoms with E-state index < -0.39 is 11.8 Å². The lowest BCUT2D eigenvalue weighted by Gasteiger charge is -2.12. The second kappa shape index (κ2) is 5.99. The third kappa shape index (κ3) is 2.43. The van der Waals surface area contributed by atoms with E-state index in [1.807, 2.05) is 48.5 Å². The maximum absolute atomic E-state index is 12.9. The summed E-state index contributed by atoms with van der Waals surface area (Å²) >= 11 is 0. The molecule has 5 rings (SSSR count). The number of amides is 3. The van der Waals surface area contributed by atoms with Crippen molar-refractivity contribution in [3.63, 3.8) is 0 Å². The smallest absolute Gasteiger partial charge is 0.258 e. The van der Waals surface area contributed by atoms with E-state index in [2.05, 4.69) is 15.6 Å². The van der Waals surface area contributed by atoms with Gasteiger partial charge in [-0.05, 0) is 30.3 Å². The fourth-order valence-corrected chi connectivity index (χ4v) is 3.47. The highest BCUT2D eigenvalue weighted by Gasteiger charge is 2.27. The van der Waals surface area contributed by atoms with Gasteiger partial charge in [-0.2, -0.15) is 0 Å². The summed E-state index contributed by atoms with van der Waals surface area (Å²) in [5, 5.41) is 6.84. The quantitative estimate of drug-likeness (QED) is 0.419. The molecule has 2 N–H and O–H groups in total. The number of hydrogen-bond acceptors (Lipinski definition) is 4. The van der Waals surface area contributed by atoms with Crippen LogP contribution in [0, 0.1) is 0 Å². The number of nitrogens with zero attached hydrogens (tertiary/aromatic N) is 1. The Kier molecular flexibility index (Phi) is 3.45. The molecule has 3 amide bonds. The molecule has 1 aromatic heterocycles. The first-order valence-electron chi connectivity index (χ1n) is 8.70. The second-order valence-corrected chi connectivity index (χ2v) is 6.52. The zero-order valence-electron chi connectivity index (χ0n) is 14.5. The molecule has 6 heteroatoms. The number of aromatic nitrogens is 1. The maximum Gasteiger partial charge on any atom is 0.258 e. The molecule has 0 aliphatic carbocycles. The predicted octanol–water partition coefficient (Wildman–Crippen LogP) is 3.52. The van der Waals surface area contributed by atoms with Crippen molar-refractivity contribution in [2.24, 2.45) is 0 Å². The van der Waals surface area contributed by atoms with Crippen molar-refractivity contribution in [3.05, 3.63) is 83.4 Å². The molecular weight excluding hydrogens is 354 g/mol. The van der Waals surface area contributed by atoms with Crippen molar-refractivity contribution < 1.29 is 14.4 Å². The lowest BCUT2D eigenvalue weighted by Crippen LogP contribution is -2.20. The number of carbonyl (C=O) groups excluding carboxylic acids is 3. The summed E-state index contributed by atoms with van der Waals surface area (Å²) in [6.07, 6.45) is 0. The molecule has 0 unspecified atom stereocenters. The largest absolute Gasteiger partial charge is 0.321 e. The SMILES string of the molecule is O=C(Nc1c2ccccc2nc2ccccc12)c1ccc2c(c1)C(=O)NC2=O. The number of benzene rings is 3. The average Bonchev–Trinajstić information content (AvgIpc) is 3.01. The highest BCUT2D eigenvalue weighted by atomic mass is 16.2. The molecule has 0 saturated carbocycles. The lowest BCUT2D eigenvalue weighted by molar-refractivity contribution is 0.0879. The Morgan fingerprint density at radius 2 is 1.39 bits per heavy atom. The van der Waals surface area contributed by atoms with Gasteiger partial charge in [0, 0.05) is 16.3 Å². The Balaban J connectivity index is 1.62. The van der Waals surface area contributed by atoms with Crippen LogP contribution in [0.3, 0.4) is 0 Å². The van der Waals surface area contributed by atoms with Crippen LogP contribution in [0.1, 0.15) is 31.1 Å². The molecule has 0 saturated heterocycles. The fraction of sp³-hybridized carbons (Fsp3) is 0. The number of rotatable bonds is 2. The van der Waals surface area contributed by atoms with Crippen LogP contribution in [0.2, 0.25) is 0 Å². The standard InChI is InChI=1S/C22H13N3O3/c26-20(12-9-10-13-16(11-12)22(28)25-21(13)27)24-19-14-5-1-3-7-17(14)23-18-8-4-2-6-15(18)19/h1-11H,(H,23,24,26)(H,25,27,28). The van der Waals surface area contributed by atoms with Crippen LogP contribution in [0.5, 0.6) is 0 Å². The molecule has 4 aromatic rings. The summed E-state index contributed by atoms with van der Waals surface area (Å²) in [6, 6.07) is 19.6. The van der Waals surface area contributed by atoms with Gasteiger partial charge in [-0.3, -0.25) is 19.7 Å². The van der Waals surface area contributed by atoms with Crippen molar-refractivity contribution in [2.45, 2.75) is 0 Å². The maximum atomic E-state index is 12.9. The summed E-state index contributed by atoms with van der Waals surface area (Å²) in [4.78, 5) is 41.2. The van der Waals surface area contributed by atoms with E-state index in [1.165, 1.54) is 18.2 Å². The van der Waals surface area contributed by atoms with Gasteiger partial charge >= 0.3 is 0 Å². The van der Waals surface area contributed by atoms with Gasteiger partial charge in [0.15, 0.2) is 0 Å². The summed E-state index contributed by atoms with van der Waals surface area (Å²) in [5.41, 5.74) is 3.00. The van der Waals surface area contributed by atoms with Crippen molar-refractivity contribution in [2.75, 3.05) is 5.32 Å². The topological polar surface area (TPSA) is 88.2 Å². The summed E-state index contributed by atoms with van der Waals surface area (Å²) in [7, 11) is 0. The molecule has 0 spiro atoms. The molecule has 3 aromatic carbocycles. The van der Waals surface area contributed by atoms with Gasteiger partial charge in [-0.25, -0.2) is 4.98 Å². The second-order valence-electron chi connectivity index (χ2n) is 6.52. The number of pyridine rings is 1. The van der Waals surface area contributed by atoms with Crippen LogP contribution in [0.15, 0.2) is 66.7 Å². The van der Waals surface area contributed by atoms with Gasteiger partial charge in [0.05, 0.1) is 27.8 Å². The highest BCUT2D eigenvalue weighted by molar-refractivity contribution is 6.23. The molecule has 1 aliphatic rings. The highest BCUT2D eigenvalue weighted by Crippen LogP contribution is 2.31. The van der Waals surface area contributed by atoms with Crippen LogP contribution in [-0.2, 0) is 0 Å². The number of imide groups is 1. The third-order valence-electron chi connectivity index (χ3n) is 4.82. The fourth-order valence-electron chi connectivity index (χ4n) is 3.47. The molecule has 0 bridgehead atoms. The van der Waals surface area contributed by atoms with E-state index in [-0.39, 0.29) is 17.0 Å². The van der Waals surface area contributed by atoms with Crippen LogP contribution in [-0.4, -0.2) is 22.7 Å². The zero-order valence-corrected chi connectivity index (χ0v) is 14.5. The first-order valence-corrected chi connectivity index (χ1v) is 8.70. The van der Waals surface area contributed by atoms with Crippen LogP contribution in [0.4, 0.5) is 5.69 Å². The number of para-hydroxylation sites is 2. The van der Waals surface area contributed by atoms with Crippen molar-refractivity contribution in [1.29, 1.82) is 0 Å². The van der Waals surface area contributed by atoms with Crippen molar-refractivity contribution in [1.82, 2.24) is 10.3 Å². The van der Waals surface area contributed by atoms with Crippen LogP contribution in [0.25, 0.3) is 21.8 Å². The average molecular weight is 367 g/mol. The third-order valence-corrected chi connectivity index (χ3v) is 4.82. The molecule has 2 heterocycles. The molecule has 0 fully saturated rings. The van der Waals surface area contributed by atoms with E-state index in [1.54, 1.807) is 0 Å². The monoisotopic (exact) mass is 367 g/mol. The Morgan fingerprint density at radius 1 is 0.786 bits per heavy atom. The minimum absolute atomic E-state index is 0.210. The summed E-state index contributed by atoms with van der Waals surface area (Å²) in [5.74, 6) is -1.30. The number of carbonyl (C=O) groups is 3. The van der Waals surface area contributed by atoms with Gasteiger partial charge < -0.3 is 5.32 Å². The van der Waals surface area contributed by atoms with Crippen molar-refractivity contribution in [3.8, 4) is 0 Å². The van der Waals surface area contributed by atoms with Crippen molar-refractivity contribution >= 4 is 45.2 Å². The van der Waals surface area contributed by atoms with E-state index in [9.17, 15) is 14.4 Å². The summed E-state index contributed by atoms with van der Waals surface area (Å²) < 4.78 is 0. The molecule has 6 nitrogen and oxygen atoms in total. The first-order chi connectivity index (χ1) is 13.6.